The van der Waals surface area contributed by atoms with Gasteiger partial charge in [0.1, 0.15) is 0 Å². The highest BCUT2D eigenvalue weighted by Crippen LogP contribution is 2.38. The van der Waals surface area contributed by atoms with Crippen LogP contribution in [0.1, 0.15) is 40.0 Å². The quantitative estimate of drug-likeness (QED) is 0.476. The first-order valence-corrected chi connectivity index (χ1v) is 10.4. The van der Waals surface area contributed by atoms with E-state index in [9.17, 15) is 9.59 Å². The molecule has 0 bridgehead atoms. The number of benzene rings is 2. The molecule has 0 atom stereocenters. The summed E-state index contributed by atoms with van der Waals surface area (Å²) in [5.74, 6) is 1.17. The second-order valence-electron chi connectivity index (χ2n) is 8.29. The first kappa shape index (κ1) is 17.4. The molecule has 2 aromatic heterocycles. The molecule has 0 amide bonds. The first-order valence-electron chi connectivity index (χ1n) is 10.4. The predicted molar refractivity (Wildman–Crippen MR) is 114 cm³/mol. The van der Waals surface area contributed by atoms with E-state index in [4.69, 9.17) is 9.72 Å². The molecule has 0 N–H and O–H groups in total. The number of imidazole rings is 1. The minimum atomic E-state index is -0.453. The molecule has 2 aromatic carbocycles. The number of para-hydroxylation sites is 1. The summed E-state index contributed by atoms with van der Waals surface area (Å²) in [7, 11) is 1.35. The van der Waals surface area contributed by atoms with Gasteiger partial charge >= 0.3 is 5.97 Å². The fourth-order valence-corrected chi connectivity index (χ4v) is 4.63. The van der Waals surface area contributed by atoms with E-state index in [1.165, 1.54) is 30.9 Å². The average molecular weight is 399 g/mol. The van der Waals surface area contributed by atoms with Crippen LogP contribution >= 0.6 is 0 Å². The Hall–Kier alpha value is -3.41. The number of methoxy groups -OCH3 is 1. The molecular weight excluding hydrogens is 378 g/mol. The maximum absolute atomic E-state index is 12.6. The summed E-state index contributed by atoms with van der Waals surface area (Å²) in [5, 5.41) is 1.19. The van der Waals surface area contributed by atoms with E-state index in [1.54, 1.807) is 12.1 Å². The van der Waals surface area contributed by atoms with Gasteiger partial charge in [-0.15, -0.1) is 0 Å². The van der Waals surface area contributed by atoms with Crippen molar-refractivity contribution >= 4 is 33.7 Å². The third-order valence-electron chi connectivity index (χ3n) is 6.30. The maximum Gasteiger partial charge on any atom is 0.337 e. The van der Waals surface area contributed by atoms with Crippen LogP contribution in [0.4, 0.5) is 0 Å². The van der Waals surface area contributed by atoms with Crippen molar-refractivity contribution < 1.29 is 14.3 Å². The minimum Gasteiger partial charge on any atom is -0.465 e. The van der Waals surface area contributed by atoms with Gasteiger partial charge in [-0.2, -0.15) is 0 Å². The van der Waals surface area contributed by atoms with Crippen LogP contribution in [0.3, 0.4) is 0 Å². The number of rotatable bonds is 4. The molecule has 0 unspecified atom stereocenters. The van der Waals surface area contributed by atoms with Crippen LogP contribution < -0.4 is 0 Å². The van der Waals surface area contributed by atoms with E-state index < -0.39 is 5.97 Å². The maximum atomic E-state index is 12.6. The zero-order chi connectivity index (χ0) is 20.4. The molecule has 0 radical (unpaired) electrons. The van der Waals surface area contributed by atoms with Crippen molar-refractivity contribution in [3.8, 4) is 11.5 Å². The van der Waals surface area contributed by atoms with Crippen molar-refractivity contribution in [1.29, 1.82) is 0 Å². The standard InChI is InChI=1S/C24H21N3O3/c1-30-24(29)16-10-17-21(28)8-9-26-22(17)18(11-16)25-23(26)20-12-15-4-2-3-5-19(15)27(20)13-14-6-7-14/h2-5,10-12,14H,6-9,13H2,1H3. The summed E-state index contributed by atoms with van der Waals surface area (Å²) in [4.78, 5) is 29.7. The van der Waals surface area contributed by atoms with Crippen molar-refractivity contribution in [2.24, 2.45) is 5.92 Å². The number of carbonyl (C=O) groups is 2. The van der Waals surface area contributed by atoms with Gasteiger partial charge < -0.3 is 13.9 Å². The van der Waals surface area contributed by atoms with Crippen LogP contribution in [0.15, 0.2) is 42.5 Å². The summed E-state index contributed by atoms with van der Waals surface area (Å²) < 4.78 is 9.39. The molecule has 1 saturated carbocycles. The molecule has 30 heavy (non-hydrogen) atoms. The van der Waals surface area contributed by atoms with E-state index >= 15 is 0 Å². The molecule has 1 fully saturated rings. The molecule has 1 aliphatic heterocycles. The molecule has 4 aromatic rings. The highest BCUT2D eigenvalue weighted by atomic mass is 16.5. The molecule has 1 aliphatic carbocycles. The second-order valence-corrected chi connectivity index (χ2v) is 8.29. The smallest absolute Gasteiger partial charge is 0.337 e. The molecule has 0 saturated heterocycles. The topological polar surface area (TPSA) is 66.1 Å². The minimum absolute atomic E-state index is 0.0447. The fraction of sp³-hybridized carbons (Fsp3) is 0.292. The molecule has 0 spiro atoms. The molecule has 2 aliphatic rings. The third kappa shape index (κ3) is 2.53. The lowest BCUT2D eigenvalue weighted by atomic mass is 10.00. The number of hydrogen-bond acceptors (Lipinski definition) is 4. The number of Topliss-reactive ketones (excluding diaryl/α,β-unsaturated/α-hetero) is 1. The monoisotopic (exact) mass is 399 g/mol. The summed E-state index contributed by atoms with van der Waals surface area (Å²) >= 11 is 0. The molecule has 6 nitrogen and oxygen atoms in total. The Balaban J connectivity index is 1.63. The van der Waals surface area contributed by atoms with Gasteiger partial charge in [0, 0.05) is 36.0 Å². The number of ether oxygens (including phenoxy) is 1. The van der Waals surface area contributed by atoms with Crippen LogP contribution in [0.25, 0.3) is 33.5 Å². The number of ketones is 1. The number of esters is 1. The Morgan fingerprint density at radius 2 is 2.03 bits per heavy atom. The highest BCUT2D eigenvalue weighted by Gasteiger charge is 2.29. The lowest BCUT2D eigenvalue weighted by Gasteiger charge is -2.17. The van der Waals surface area contributed by atoms with Crippen molar-refractivity contribution in [2.45, 2.75) is 32.4 Å². The van der Waals surface area contributed by atoms with Gasteiger partial charge in [-0.1, -0.05) is 18.2 Å². The zero-order valence-corrected chi connectivity index (χ0v) is 16.7. The lowest BCUT2D eigenvalue weighted by molar-refractivity contribution is 0.0601. The van der Waals surface area contributed by atoms with Crippen LogP contribution in [0.2, 0.25) is 0 Å². The van der Waals surface area contributed by atoms with Gasteiger partial charge in [0.25, 0.3) is 0 Å². The summed E-state index contributed by atoms with van der Waals surface area (Å²) in [6, 6.07) is 14.0. The Labute approximate surface area is 173 Å². The van der Waals surface area contributed by atoms with Gasteiger partial charge in [-0.3, -0.25) is 4.79 Å². The van der Waals surface area contributed by atoms with Gasteiger partial charge in [0.2, 0.25) is 0 Å². The number of nitrogens with zero attached hydrogens (tertiary/aromatic N) is 3. The van der Waals surface area contributed by atoms with E-state index in [-0.39, 0.29) is 5.78 Å². The fourth-order valence-electron chi connectivity index (χ4n) is 4.63. The Bertz CT molecular complexity index is 1360. The van der Waals surface area contributed by atoms with Gasteiger partial charge in [0.15, 0.2) is 11.6 Å². The Morgan fingerprint density at radius 3 is 2.83 bits per heavy atom. The van der Waals surface area contributed by atoms with E-state index in [2.05, 4.69) is 39.5 Å². The Kier molecular flexibility index (Phi) is 3.66. The summed E-state index contributed by atoms with van der Waals surface area (Å²) in [5.41, 5.74) is 4.69. The predicted octanol–water partition coefficient (Wildman–Crippen LogP) is 4.44. The SMILES string of the molecule is COC(=O)c1cc2c3c(c1)nc(-c1cc4ccccc4n1CC1CC1)n3CCC2=O. The van der Waals surface area contributed by atoms with Crippen molar-refractivity contribution in [2.75, 3.05) is 7.11 Å². The summed E-state index contributed by atoms with van der Waals surface area (Å²) in [6.45, 7) is 1.57. The first-order chi connectivity index (χ1) is 14.6. The van der Waals surface area contributed by atoms with Crippen LogP contribution in [-0.2, 0) is 17.8 Å². The van der Waals surface area contributed by atoms with Gasteiger partial charge in [0.05, 0.1) is 29.4 Å². The third-order valence-corrected chi connectivity index (χ3v) is 6.30. The molecule has 150 valence electrons. The highest BCUT2D eigenvalue weighted by molar-refractivity contribution is 6.10. The number of hydrogen-bond donors (Lipinski definition) is 0. The van der Waals surface area contributed by atoms with Crippen LogP contribution in [0.5, 0.6) is 0 Å². The number of aromatic nitrogens is 3. The number of carbonyl (C=O) groups excluding carboxylic acids is 2. The van der Waals surface area contributed by atoms with Gasteiger partial charge in [-0.25, -0.2) is 9.78 Å². The lowest BCUT2D eigenvalue weighted by Crippen LogP contribution is -2.16. The van der Waals surface area contributed by atoms with Crippen molar-refractivity contribution in [1.82, 2.24) is 14.1 Å². The summed E-state index contributed by atoms with van der Waals surface area (Å²) in [6.07, 6.45) is 2.94. The van der Waals surface area contributed by atoms with E-state index in [0.717, 1.165) is 23.6 Å². The van der Waals surface area contributed by atoms with Crippen LogP contribution in [0, 0.1) is 5.92 Å². The molecule has 3 heterocycles. The van der Waals surface area contributed by atoms with Crippen molar-refractivity contribution in [3.05, 3.63) is 53.6 Å². The normalized spacial score (nSPS) is 15.8. The van der Waals surface area contributed by atoms with Crippen molar-refractivity contribution in [3.63, 3.8) is 0 Å². The number of aryl methyl sites for hydroxylation is 1. The zero-order valence-electron chi connectivity index (χ0n) is 16.7. The van der Waals surface area contributed by atoms with Crippen LogP contribution in [-0.4, -0.2) is 33.0 Å². The molecular formula is C24H21N3O3. The average Bonchev–Trinajstić information content (AvgIpc) is 3.41. The second kappa shape index (κ2) is 6.29. The number of fused-ring (bicyclic) bond motifs is 1. The Morgan fingerprint density at radius 1 is 1.20 bits per heavy atom. The van der Waals surface area contributed by atoms with E-state index in [0.29, 0.717) is 35.5 Å². The van der Waals surface area contributed by atoms with E-state index in [1.807, 2.05) is 0 Å². The molecule has 6 heteroatoms. The largest absolute Gasteiger partial charge is 0.465 e. The molecule has 6 rings (SSSR count). The van der Waals surface area contributed by atoms with Gasteiger partial charge in [-0.05, 0) is 43.0 Å².